The summed E-state index contributed by atoms with van der Waals surface area (Å²) in [6.45, 7) is 7.71. The van der Waals surface area contributed by atoms with Crippen molar-refractivity contribution in [3.05, 3.63) is 47.2 Å². The predicted octanol–water partition coefficient (Wildman–Crippen LogP) is 2.44. The van der Waals surface area contributed by atoms with Crippen LogP contribution in [0.5, 0.6) is 6.01 Å². The Bertz CT molecular complexity index is 1020. The molecule has 2 aromatic rings. The van der Waals surface area contributed by atoms with Gasteiger partial charge in [-0.3, -0.25) is 0 Å². The van der Waals surface area contributed by atoms with E-state index in [0.717, 1.165) is 49.6 Å². The van der Waals surface area contributed by atoms with Crippen molar-refractivity contribution < 1.29 is 14.3 Å². The lowest BCUT2D eigenvalue weighted by atomic mass is 10.1. The van der Waals surface area contributed by atoms with Crippen molar-refractivity contribution >= 4 is 11.9 Å². The molecule has 1 aromatic carbocycles. The normalized spacial score (nSPS) is 22.7. The highest BCUT2D eigenvalue weighted by Crippen LogP contribution is 2.28. The number of nitrogens with one attached hydrogen (secondary N) is 1. The van der Waals surface area contributed by atoms with E-state index in [1.54, 1.807) is 0 Å². The van der Waals surface area contributed by atoms with E-state index in [4.69, 9.17) is 19.4 Å². The van der Waals surface area contributed by atoms with Gasteiger partial charge >= 0.3 is 12.1 Å². The maximum absolute atomic E-state index is 12.8. The van der Waals surface area contributed by atoms with Crippen LogP contribution in [-0.4, -0.2) is 84.3 Å². The second-order valence-electron chi connectivity index (χ2n) is 9.80. The van der Waals surface area contributed by atoms with Crippen LogP contribution in [-0.2, 0) is 24.3 Å². The van der Waals surface area contributed by atoms with E-state index in [9.17, 15) is 4.79 Å². The third kappa shape index (κ3) is 5.51. The molecule has 1 N–H and O–H groups in total. The molecule has 9 nitrogen and oxygen atoms in total. The van der Waals surface area contributed by atoms with Crippen LogP contribution in [0.1, 0.15) is 36.6 Å². The number of ether oxygens (including phenoxy) is 2. The van der Waals surface area contributed by atoms with Gasteiger partial charge in [-0.2, -0.15) is 9.97 Å². The monoisotopic (exact) mass is 480 g/mol. The van der Waals surface area contributed by atoms with Crippen LogP contribution < -0.4 is 15.0 Å². The van der Waals surface area contributed by atoms with Crippen molar-refractivity contribution in [3.8, 4) is 6.01 Å². The second-order valence-corrected chi connectivity index (χ2v) is 9.80. The Balaban J connectivity index is 1.25. The minimum Gasteiger partial charge on any atom is -0.462 e. The molecule has 35 heavy (non-hydrogen) atoms. The standard InChI is InChI=1S/C26H36N6O3/c1-19-16-31(13-14-32(19)26(33)35-17-20-7-4-3-5-8-20)24-22-10-11-27-15-23(22)28-25(29-24)34-18-21-9-6-12-30(21)2/h3-5,7-8,19,21,27H,6,9-18H2,1-2H3/t19-,21-/m0/s1. The zero-order chi connectivity index (χ0) is 24.2. The SMILES string of the molecule is C[C@H]1CN(c2nc(OC[C@@H]3CCCN3C)nc3c2CCNC3)CCN1C(=O)OCc1ccccc1. The number of likely N-dealkylation sites (tertiary alicyclic amines) is 1. The van der Waals surface area contributed by atoms with Crippen LogP contribution >= 0.6 is 0 Å². The van der Waals surface area contributed by atoms with Crippen LogP contribution in [0.2, 0.25) is 0 Å². The molecule has 0 saturated carbocycles. The zero-order valence-electron chi connectivity index (χ0n) is 20.8. The van der Waals surface area contributed by atoms with Gasteiger partial charge in [0.1, 0.15) is 19.0 Å². The molecule has 0 spiro atoms. The molecule has 4 heterocycles. The lowest BCUT2D eigenvalue weighted by molar-refractivity contribution is 0.0793. The van der Waals surface area contributed by atoms with Crippen molar-refractivity contribution in [3.63, 3.8) is 0 Å². The van der Waals surface area contributed by atoms with Crippen molar-refractivity contribution in [2.75, 3.05) is 51.3 Å². The van der Waals surface area contributed by atoms with Crippen molar-refractivity contribution in [1.82, 2.24) is 25.1 Å². The van der Waals surface area contributed by atoms with Gasteiger partial charge < -0.3 is 29.5 Å². The Labute approximate surface area is 207 Å². The Hall–Kier alpha value is -2.91. The first kappa shape index (κ1) is 23.8. The largest absolute Gasteiger partial charge is 0.462 e. The number of carbonyl (C=O) groups excluding carboxylic acids is 1. The molecular formula is C26H36N6O3. The van der Waals surface area contributed by atoms with Crippen molar-refractivity contribution in [2.24, 2.45) is 0 Å². The summed E-state index contributed by atoms with van der Waals surface area (Å²) in [5, 5.41) is 3.42. The molecule has 0 bridgehead atoms. The summed E-state index contributed by atoms with van der Waals surface area (Å²) in [5.74, 6) is 0.954. The number of likely N-dealkylation sites (N-methyl/N-ethyl adjacent to an activating group) is 1. The molecule has 2 fully saturated rings. The number of fused-ring (bicyclic) bond motifs is 1. The first-order valence-electron chi connectivity index (χ1n) is 12.7. The number of carbonyl (C=O) groups is 1. The fraction of sp³-hybridized carbons (Fsp3) is 0.577. The van der Waals surface area contributed by atoms with Crippen LogP contribution in [0.25, 0.3) is 0 Å². The van der Waals surface area contributed by atoms with Gasteiger partial charge in [-0.05, 0) is 51.9 Å². The van der Waals surface area contributed by atoms with Gasteiger partial charge in [0.25, 0.3) is 0 Å². The second kappa shape index (κ2) is 10.8. The summed E-state index contributed by atoms with van der Waals surface area (Å²) in [6.07, 6.45) is 2.99. The highest BCUT2D eigenvalue weighted by atomic mass is 16.6. The molecule has 0 radical (unpaired) electrons. The number of nitrogens with zero attached hydrogens (tertiary/aromatic N) is 5. The summed E-state index contributed by atoms with van der Waals surface area (Å²) in [6, 6.07) is 10.7. The Kier molecular flexibility index (Phi) is 7.34. The number of hydrogen-bond donors (Lipinski definition) is 1. The molecular weight excluding hydrogens is 444 g/mol. The number of benzene rings is 1. The lowest BCUT2D eigenvalue weighted by Crippen LogP contribution is -2.54. The molecule has 2 atom stereocenters. The van der Waals surface area contributed by atoms with E-state index in [1.165, 1.54) is 12.0 Å². The van der Waals surface area contributed by atoms with E-state index in [-0.39, 0.29) is 18.7 Å². The molecule has 188 valence electrons. The molecule has 9 heteroatoms. The fourth-order valence-corrected chi connectivity index (χ4v) is 5.23. The smallest absolute Gasteiger partial charge is 0.410 e. The minimum atomic E-state index is -0.264. The first-order chi connectivity index (χ1) is 17.1. The number of anilines is 1. The number of hydrogen-bond acceptors (Lipinski definition) is 8. The van der Waals surface area contributed by atoms with E-state index in [2.05, 4.69) is 29.1 Å². The zero-order valence-corrected chi connectivity index (χ0v) is 20.8. The van der Waals surface area contributed by atoms with Gasteiger partial charge in [-0.15, -0.1) is 0 Å². The number of piperazine rings is 1. The third-order valence-electron chi connectivity index (χ3n) is 7.34. The predicted molar refractivity (Wildman–Crippen MR) is 134 cm³/mol. The van der Waals surface area contributed by atoms with Gasteiger partial charge in [0.05, 0.1) is 5.69 Å². The van der Waals surface area contributed by atoms with Crippen LogP contribution in [0, 0.1) is 0 Å². The van der Waals surface area contributed by atoms with Crippen LogP contribution in [0.4, 0.5) is 10.6 Å². The highest BCUT2D eigenvalue weighted by molar-refractivity contribution is 5.68. The Morgan fingerprint density at radius 1 is 1.17 bits per heavy atom. The Morgan fingerprint density at radius 3 is 2.80 bits per heavy atom. The number of amides is 1. The lowest BCUT2D eigenvalue weighted by Gasteiger charge is -2.40. The summed E-state index contributed by atoms with van der Waals surface area (Å²) < 4.78 is 11.7. The average molecular weight is 481 g/mol. The van der Waals surface area contributed by atoms with Gasteiger partial charge in [0, 0.05) is 43.8 Å². The highest BCUT2D eigenvalue weighted by Gasteiger charge is 2.32. The van der Waals surface area contributed by atoms with Gasteiger partial charge in [0.2, 0.25) is 0 Å². The minimum absolute atomic E-state index is 0.0101. The van der Waals surface area contributed by atoms with Crippen molar-refractivity contribution in [2.45, 2.75) is 51.4 Å². The fourth-order valence-electron chi connectivity index (χ4n) is 5.23. The molecule has 0 aliphatic carbocycles. The molecule has 5 rings (SSSR count). The van der Waals surface area contributed by atoms with Gasteiger partial charge in [-0.1, -0.05) is 30.3 Å². The molecule has 1 aromatic heterocycles. The summed E-state index contributed by atoms with van der Waals surface area (Å²) in [4.78, 5) is 28.9. The Morgan fingerprint density at radius 2 is 2.03 bits per heavy atom. The first-order valence-corrected chi connectivity index (χ1v) is 12.7. The molecule has 3 aliphatic heterocycles. The van der Waals surface area contributed by atoms with Crippen LogP contribution in [0.15, 0.2) is 30.3 Å². The van der Waals surface area contributed by atoms with E-state index < -0.39 is 0 Å². The van der Waals surface area contributed by atoms with Crippen LogP contribution in [0.3, 0.4) is 0 Å². The van der Waals surface area contributed by atoms with Gasteiger partial charge in [0.15, 0.2) is 0 Å². The van der Waals surface area contributed by atoms with Gasteiger partial charge in [-0.25, -0.2) is 4.79 Å². The number of aromatic nitrogens is 2. The average Bonchev–Trinajstić information content (AvgIpc) is 3.30. The maximum Gasteiger partial charge on any atom is 0.410 e. The van der Waals surface area contributed by atoms with E-state index in [1.807, 2.05) is 35.2 Å². The van der Waals surface area contributed by atoms with E-state index >= 15 is 0 Å². The number of rotatable bonds is 6. The summed E-state index contributed by atoms with van der Waals surface area (Å²) >= 11 is 0. The molecule has 0 unspecified atom stereocenters. The molecule has 3 aliphatic rings. The molecule has 1 amide bonds. The molecule has 2 saturated heterocycles. The quantitative estimate of drug-likeness (QED) is 0.675. The summed E-state index contributed by atoms with van der Waals surface area (Å²) in [5.41, 5.74) is 3.21. The van der Waals surface area contributed by atoms with E-state index in [0.29, 0.717) is 38.3 Å². The topological polar surface area (TPSA) is 83.1 Å². The van der Waals surface area contributed by atoms with Crippen molar-refractivity contribution in [1.29, 1.82) is 0 Å². The maximum atomic E-state index is 12.8. The summed E-state index contributed by atoms with van der Waals surface area (Å²) in [7, 11) is 2.15. The third-order valence-corrected chi connectivity index (χ3v) is 7.34.